The van der Waals surface area contributed by atoms with E-state index in [9.17, 15) is 13.5 Å². The minimum atomic E-state index is -4.21. The second-order valence-electron chi connectivity index (χ2n) is 4.71. The Labute approximate surface area is 121 Å². The largest absolute Gasteiger partial charge is 0.504 e. The molecule has 2 N–H and O–H groups in total. The minimum Gasteiger partial charge on any atom is -0.504 e. The Kier molecular flexibility index (Phi) is 2.96. The molecule has 0 unspecified atom stereocenters. The van der Waals surface area contributed by atoms with E-state index in [1.54, 1.807) is 29.8 Å². The highest BCUT2D eigenvalue weighted by Crippen LogP contribution is 2.23. The van der Waals surface area contributed by atoms with Crippen LogP contribution in [0.4, 0.5) is 0 Å². The van der Waals surface area contributed by atoms with Crippen molar-refractivity contribution in [1.29, 1.82) is 0 Å². The number of aryl methyl sites for hydroxylation is 1. The van der Waals surface area contributed by atoms with Gasteiger partial charge < -0.3 is 5.11 Å². The molecule has 0 bridgehead atoms. The summed E-state index contributed by atoms with van der Waals surface area (Å²) in [6.07, 6.45) is 1.50. The number of hydrogen-bond acceptors (Lipinski definition) is 4. The highest BCUT2D eigenvalue weighted by Gasteiger charge is 2.10. The van der Waals surface area contributed by atoms with E-state index in [2.05, 4.69) is 5.10 Å². The molecular formula is C14H12N2O4S. The van der Waals surface area contributed by atoms with Crippen LogP contribution >= 0.6 is 0 Å². The van der Waals surface area contributed by atoms with Crippen LogP contribution in [0.5, 0.6) is 5.75 Å². The maximum Gasteiger partial charge on any atom is 0.294 e. The molecule has 1 aromatic heterocycles. The molecule has 3 aromatic rings. The fraction of sp³-hybridized carbons (Fsp3) is 0.0714. The van der Waals surface area contributed by atoms with Crippen LogP contribution in [0, 0.1) is 6.92 Å². The SMILES string of the molecule is Cc1nn(-c2ccc3cc(S(=O)(=O)O)ccc3c2)cc1O. The number of hydrogen-bond donors (Lipinski definition) is 2. The van der Waals surface area contributed by atoms with E-state index in [0.717, 1.165) is 11.1 Å². The molecular weight excluding hydrogens is 292 g/mol. The predicted octanol–water partition coefficient (Wildman–Crippen LogP) is 2.29. The van der Waals surface area contributed by atoms with Crippen LogP contribution in [0.15, 0.2) is 47.5 Å². The average molecular weight is 304 g/mol. The van der Waals surface area contributed by atoms with Crippen LogP contribution in [0.3, 0.4) is 0 Å². The number of nitrogens with zero attached hydrogens (tertiary/aromatic N) is 2. The Hall–Kier alpha value is -2.38. The molecule has 2 aromatic carbocycles. The second-order valence-corrected chi connectivity index (χ2v) is 6.13. The maximum absolute atomic E-state index is 11.1. The van der Waals surface area contributed by atoms with E-state index in [1.165, 1.54) is 18.3 Å². The number of rotatable bonds is 2. The quantitative estimate of drug-likeness (QED) is 0.709. The van der Waals surface area contributed by atoms with Gasteiger partial charge in [0, 0.05) is 0 Å². The van der Waals surface area contributed by atoms with Gasteiger partial charge in [-0.05, 0) is 42.0 Å². The van der Waals surface area contributed by atoms with Crippen LogP contribution in [0.25, 0.3) is 16.5 Å². The molecule has 0 saturated carbocycles. The number of fused-ring (bicyclic) bond motifs is 1. The summed E-state index contributed by atoms with van der Waals surface area (Å²) in [4.78, 5) is -0.143. The first-order valence-electron chi connectivity index (χ1n) is 6.11. The first-order chi connectivity index (χ1) is 9.84. The van der Waals surface area contributed by atoms with Crippen LogP contribution in [0.1, 0.15) is 5.69 Å². The molecule has 0 radical (unpaired) electrons. The summed E-state index contributed by atoms with van der Waals surface area (Å²) in [5.74, 6) is 0.108. The van der Waals surface area contributed by atoms with Gasteiger partial charge in [0.05, 0.1) is 16.8 Å². The Morgan fingerprint density at radius 3 is 2.38 bits per heavy atom. The lowest BCUT2D eigenvalue weighted by molar-refractivity contribution is 0.471. The van der Waals surface area contributed by atoms with Crippen LogP contribution in [0.2, 0.25) is 0 Å². The van der Waals surface area contributed by atoms with Crippen molar-refractivity contribution < 1.29 is 18.1 Å². The zero-order chi connectivity index (χ0) is 15.2. The summed E-state index contributed by atoms with van der Waals surface area (Å²) in [5, 5.41) is 15.2. The zero-order valence-corrected chi connectivity index (χ0v) is 11.9. The van der Waals surface area contributed by atoms with E-state index < -0.39 is 10.1 Å². The minimum absolute atomic E-state index is 0.108. The molecule has 3 rings (SSSR count). The second kappa shape index (κ2) is 4.57. The Balaban J connectivity index is 2.13. The fourth-order valence-corrected chi connectivity index (χ4v) is 2.61. The summed E-state index contributed by atoms with van der Waals surface area (Å²) < 4.78 is 32.8. The first kappa shape index (κ1) is 13.6. The Morgan fingerprint density at radius 1 is 1.10 bits per heavy atom. The van der Waals surface area contributed by atoms with Crippen molar-refractivity contribution in [3.63, 3.8) is 0 Å². The van der Waals surface area contributed by atoms with Gasteiger partial charge in [0.2, 0.25) is 0 Å². The lowest BCUT2D eigenvalue weighted by atomic mass is 10.1. The highest BCUT2D eigenvalue weighted by molar-refractivity contribution is 7.85. The van der Waals surface area contributed by atoms with Gasteiger partial charge in [-0.25, -0.2) is 4.68 Å². The molecule has 0 atom stereocenters. The lowest BCUT2D eigenvalue weighted by Gasteiger charge is -2.05. The normalized spacial score (nSPS) is 11.9. The van der Waals surface area contributed by atoms with Gasteiger partial charge in [-0.1, -0.05) is 12.1 Å². The predicted molar refractivity (Wildman–Crippen MR) is 77.3 cm³/mol. The molecule has 6 nitrogen and oxygen atoms in total. The number of aromatic nitrogens is 2. The molecule has 0 fully saturated rings. The van der Waals surface area contributed by atoms with Crippen LogP contribution < -0.4 is 0 Å². The Bertz CT molecular complexity index is 925. The molecule has 0 aliphatic rings. The van der Waals surface area contributed by atoms with E-state index in [-0.39, 0.29) is 10.6 Å². The maximum atomic E-state index is 11.1. The van der Waals surface area contributed by atoms with Crippen LogP contribution in [-0.2, 0) is 10.1 Å². The third-order valence-electron chi connectivity index (χ3n) is 3.23. The van der Waals surface area contributed by atoms with Crippen molar-refractivity contribution in [3.8, 4) is 11.4 Å². The molecule has 1 heterocycles. The third kappa shape index (κ3) is 2.48. The van der Waals surface area contributed by atoms with E-state index >= 15 is 0 Å². The zero-order valence-electron chi connectivity index (χ0n) is 11.1. The van der Waals surface area contributed by atoms with Gasteiger partial charge in [-0.3, -0.25) is 4.55 Å². The number of benzene rings is 2. The van der Waals surface area contributed by atoms with E-state index in [4.69, 9.17) is 4.55 Å². The topological polar surface area (TPSA) is 92.4 Å². The van der Waals surface area contributed by atoms with E-state index in [0.29, 0.717) is 11.1 Å². The monoisotopic (exact) mass is 304 g/mol. The molecule has 0 amide bonds. The van der Waals surface area contributed by atoms with Gasteiger partial charge in [0.1, 0.15) is 5.69 Å². The number of aromatic hydroxyl groups is 1. The molecule has 0 aliphatic heterocycles. The molecule has 0 aliphatic carbocycles. The van der Waals surface area contributed by atoms with Gasteiger partial charge in [-0.15, -0.1) is 0 Å². The highest BCUT2D eigenvalue weighted by atomic mass is 32.2. The van der Waals surface area contributed by atoms with Crippen molar-refractivity contribution in [3.05, 3.63) is 48.3 Å². The summed E-state index contributed by atoms with van der Waals surface area (Å²) in [5.41, 5.74) is 1.27. The summed E-state index contributed by atoms with van der Waals surface area (Å²) in [7, 11) is -4.21. The molecule has 21 heavy (non-hydrogen) atoms. The van der Waals surface area contributed by atoms with Crippen molar-refractivity contribution in [2.45, 2.75) is 11.8 Å². The van der Waals surface area contributed by atoms with E-state index in [1.807, 2.05) is 6.07 Å². The fourth-order valence-electron chi connectivity index (χ4n) is 2.10. The van der Waals surface area contributed by atoms with Gasteiger partial charge in [0.25, 0.3) is 10.1 Å². The van der Waals surface area contributed by atoms with Crippen molar-refractivity contribution in [2.75, 3.05) is 0 Å². The molecule has 108 valence electrons. The average Bonchev–Trinajstić information content (AvgIpc) is 2.76. The van der Waals surface area contributed by atoms with Gasteiger partial charge in [-0.2, -0.15) is 13.5 Å². The standard InChI is InChI=1S/C14H12N2O4S/c1-9-14(17)8-16(15-9)12-4-2-11-7-13(21(18,19)20)5-3-10(11)6-12/h2-8,17H,1H3,(H,18,19,20). The van der Waals surface area contributed by atoms with Crippen LogP contribution in [-0.4, -0.2) is 27.9 Å². The van der Waals surface area contributed by atoms with Gasteiger partial charge >= 0.3 is 0 Å². The van der Waals surface area contributed by atoms with Crippen molar-refractivity contribution in [2.24, 2.45) is 0 Å². The van der Waals surface area contributed by atoms with Gasteiger partial charge in [0.15, 0.2) is 5.75 Å². The first-order valence-corrected chi connectivity index (χ1v) is 7.55. The summed E-state index contributed by atoms with van der Waals surface area (Å²) >= 11 is 0. The summed E-state index contributed by atoms with van der Waals surface area (Å²) in [6.45, 7) is 1.70. The van der Waals surface area contributed by atoms with Crippen molar-refractivity contribution >= 4 is 20.9 Å². The third-order valence-corrected chi connectivity index (χ3v) is 4.08. The molecule has 7 heteroatoms. The lowest BCUT2D eigenvalue weighted by Crippen LogP contribution is -1.98. The molecule has 0 spiro atoms. The Morgan fingerprint density at radius 2 is 1.76 bits per heavy atom. The smallest absolute Gasteiger partial charge is 0.294 e. The van der Waals surface area contributed by atoms with Crippen molar-refractivity contribution in [1.82, 2.24) is 9.78 Å². The summed E-state index contributed by atoms with van der Waals surface area (Å²) in [6, 6.07) is 9.65. The molecule has 0 saturated heterocycles.